The molecule has 3 nitrogen and oxygen atoms in total. The molecule has 0 saturated carbocycles. The molecular weight excluding hydrogens is 259 g/mol. The van der Waals surface area contributed by atoms with Gasteiger partial charge >= 0.3 is 6.36 Å². The van der Waals surface area contributed by atoms with Crippen molar-refractivity contribution in [3.63, 3.8) is 0 Å². The number of furan rings is 1. The fourth-order valence-corrected chi connectivity index (χ4v) is 1.88. The SMILES string of the molecule is CNC(c1ccoc1)c1ccccc1OC(F)(F)F. The van der Waals surface area contributed by atoms with E-state index in [0.717, 1.165) is 5.56 Å². The molecule has 0 aliphatic carbocycles. The molecular formula is C13H12F3NO2. The van der Waals surface area contributed by atoms with Gasteiger partial charge in [0.25, 0.3) is 0 Å². The van der Waals surface area contributed by atoms with Gasteiger partial charge in [0.05, 0.1) is 18.6 Å². The summed E-state index contributed by atoms with van der Waals surface area (Å²) in [5, 5.41) is 2.94. The smallest absolute Gasteiger partial charge is 0.472 e. The van der Waals surface area contributed by atoms with Crippen LogP contribution in [0.25, 0.3) is 0 Å². The number of halogens is 3. The monoisotopic (exact) mass is 271 g/mol. The molecule has 0 radical (unpaired) electrons. The predicted molar refractivity (Wildman–Crippen MR) is 62.7 cm³/mol. The number of nitrogens with one attached hydrogen (secondary N) is 1. The van der Waals surface area contributed by atoms with Crippen LogP contribution in [0.5, 0.6) is 5.75 Å². The minimum absolute atomic E-state index is 0.226. The molecule has 1 heterocycles. The van der Waals surface area contributed by atoms with E-state index >= 15 is 0 Å². The topological polar surface area (TPSA) is 34.4 Å². The number of ether oxygens (including phenoxy) is 1. The zero-order valence-corrected chi connectivity index (χ0v) is 10.1. The second kappa shape index (κ2) is 5.36. The van der Waals surface area contributed by atoms with Gasteiger partial charge in [0, 0.05) is 11.1 Å². The summed E-state index contributed by atoms with van der Waals surface area (Å²) in [6.45, 7) is 0. The molecule has 1 N–H and O–H groups in total. The third kappa shape index (κ3) is 3.29. The van der Waals surface area contributed by atoms with E-state index in [1.165, 1.54) is 24.7 Å². The summed E-state index contributed by atoms with van der Waals surface area (Å²) < 4.78 is 46.1. The third-order valence-corrected chi connectivity index (χ3v) is 2.62. The van der Waals surface area contributed by atoms with E-state index in [1.807, 2.05) is 0 Å². The molecule has 0 spiro atoms. The summed E-state index contributed by atoms with van der Waals surface area (Å²) in [5.74, 6) is -0.226. The minimum Gasteiger partial charge on any atom is -0.472 e. The molecule has 1 unspecified atom stereocenters. The van der Waals surface area contributed by atoms with E-state index in [2.05, 4.69) is 10.1 Å². The summed E-state index contributed by atoms with van der Waals surface area (Å²) >= 11 is 0. The first kappa shape index (κ1) is 13.5. The van der Waals surface area contributed by atoms with E-state index in [0.29, 0.717) is 5.56 Å². The van der Waals surface area contributed by atoms with Gasteiger partial charge in [-0.1, -0.05) is 18.2 Å². The van der Waals surface area contributed by atoms with Crippen LogP contribution in [0.3, 0.4) is 0 Å². The molecule has 0 aliphatic rings. The Morgan fingerprint density at radius 2 is 1.95 bits per heavy atom. The highest BCUT2D eigenvalue weighted by atomic mass is 19.4. The minimum atomic E-state index is -4.72. The van der Waals surface area contributed by atoms with Gasteiger partial charge in [-0.25, -0.2) is 0 Å². The van der Waals surface area contributed by atoms with Gasteiger partial charge in [0.2, 0.25) is 0 Å². The van der Waals surface area contributed by atoms with Crippen molar-refractivity contribution >= 4 is 0 Å². The van der Waals surface area contributed by atoms with Gasteiger partial charge in [0.1, 0.15) is 5.75 Å². The maximum atomic E-state index is 12.4. The van der Waals surface area contributed by atoms with Crippen molar-refractivity contribution < 1.29 is 22.3 Å². The zero-order chi connectivity index (χ0) is 13.9. The molecule has 0 saturated heterocycles. The van der Waals surface area contributed by atoms with Gasteiger partial charge in [-0.3, -0.25) is 0 Å². The molecule has 2 rings (SSSR count). The number of para-hydroxylation sites is 1. The maximum Gasteiger partial charge on any atom is 0.573 e. The highest BCUT2D eigenvalue weighted by Gasteiger charge is 2.33. The molecule has 0 bridgehead atoms. The number of benzene rings is 1. The van der Waals surface area contributed by atoms with Crippen molar-refractivity contribution in [3.05, 3.63) is 54.0 Å². The van der Waals surface area contributed by atoms with Crippen LogP contribution in [0.15, 0.2) is 47.3 Å². The van der Waals surface area contributed by atoms with Crippen molar-refractivity contribution in [3.8, 4) is 5.75 Å². The molecule has 2 aromatic rings. The highest BCUT2D eigenvalue weighted by Crippen LogP contribution is 2.33. The lowest BCUT2D eigenvalue weighted by Crippen LogP contribution is -2.22. The van der Waals surface area contributed by atoms with Crippen LogP contribution in [0.1, 0.15) is 17.2 Å². The average molecular weight is 271 g/mol. The van der Waals surface area contributed by atoms with Gasteiger partial charge in [-0.2, -0.15) is 0 Å². The Morgan fingerprint density at radius 3 is 2.53 bits per heavy atom. The average Bonchev–Trinajstić information content (AvgIpc) is 2.84. The highest BCUT2D eigenvalue weighted by molar-refractivity contribution is 5.40. The number of alkyl halides is 3. The zero-order valence-electron chi connectivity index (χ0n) is 10.1. The van der Waals surface area contributed by atoms with Crippen LogP contribution < -0.4 is 10.1 Å². The standard InChI is InChI=1S/C13H12F3NO2/c1-17-12(9-6-7-18-8-9)10-4-2-3-5-11(10)19-13(14,15)16/h2-8,12,17H,1H3. The Kier molecular flexibility index (Phi) is 3.80. The van der Waals surface area contributed by atoms with Gasteiger partial charge in [-0.05, 0) is 19.2 Å². The first-order valence-electron chi connectivity index (χ1n) is 5.55. The van der Waals surface area contributed by atoms with Crippen LogP contribution >= 0.6 is 0 Å². The molecule has 0 fully saturated rings. The lowest BCUT2D eigenvalue weighted by molar-refractivity contribution is -0.275. The van der Waals surface area contributed by atoms with Crippen molar-refractivity contribution in [2.45, 2.75) is 12.4 Å². The van der Waals surface area contributed by atoms with Crippen molar-refractivity contribution in [2.75, 3.05) is 7.05 Å². The molecule has 1 aromatic heterocycles. The maximum absolute atomic E-state index is 12.4. The number of hydrogen-bond donors (Lipinski definition) is 1. The van der Waals surface area contributed by atoms with E-state index in [-0.39, 0.29) is 5.75 Å². The number of rotatable bonds is 4. The summed E-state index contributed by atoms with van der Waals surface area (Å²) in [6, 6.07) is 7.27. The van der Waals surface area contributed by atoms with E-state index in [4.69, 9.17) is 4.42 Å². The Hall–Kier alpha value is -1.95. The van der Waals surface area contributed by atoms with Gasteiger partial charge < -0.3 is 14.5 Å². The summed E-state index contributed by atoms with van der Waals surface area (Å²) in [4.78, 5) is 0. The Balaban J connectivity index is 2.38. The van der Waals surface area contributed by atoms with E-state index < -0.39 is 12.4 Å². The van der Waals surface area contributed by atoms with Crippen LogP contribution in [0, 0.1) is 0 Å². The quantitative estimate of drug-likeness (QED) is 0.924. The largest absolute Gasteiger partial charge is 0.573 e. The summed E-state index contributed by atoms with van der Waals surface area (Å²) in [6.07, 6.45) is -1.77. The van der Waals surface area contributed by atoms with Crippen molar-refractivity contribution in [2.24, 2.45) is 0 Å². The van der Waals surface area contributed by atoms with Crippen LogP contribution in [0.4, 0.5) is 13.2 Å². The van der Waals surface area contributed by atoms with Crippen LogP contribution in [-0.2, 0) is 0 Å². The third-order valence-electron chi connectivity index (χ3n) is 2.62. The molecule has 102 valence electrons. The van der Waals surface area contributed by atoms with Gasteiger partial charge in [0.15, 0.2) is 0 Å². The fourth-order valence-electron chi connectivity index (χ4n) is 1.88. The fraction of sp³-hybridized carbons (Fsp3) is 0.231. The van der Waals surface area contributed by atoms with Crippen LogP contribution in [0.2, 0.25) is 0 Å². The molecule has 0 amide bonds. The number of hydrogen-bond acceptors (Lipinski definition) is 3. The summed E-state index contributed by atoms with van der Waals surface area (Å²) in [5.41, 5.74) is 1.12. The summed E-state index contributed by atoms with van der Waals surface area (Å²) in [7, 11) is 1.65. The van der Waals surface area contributed by atoms with E-state index in [9.17, 15) is 13.2 Å². The molecule has 19 heavy (non-hydrogen) atoms. The first-order chi connectivity index (χ1) is 9.01. The van der Waals surface area contributed by atoms with Crippen molar-refractivity contribution in [1.82, 2.24) is 5.32 Å². The lowest BCUT2D eigenvalue weighted by Gasteiger charge is -2.19. The predicted octanol–water partition coefficient (Wildman–Crippen LogP) is 3.49. The lowest BCUT2D eigenvalue weighted by atomic mass is 10.0. The Labute approximate surface area is 108 Å². The second-order valence-electron chi connectivity index (χ2n) is 3.86. The van der Waals surface area contributed by atoms with Crippen molar-refractivity contribution in [1.29, 1.82) is 0 Å². The van der Waals surface area contributed by atoms with Gasteiger partial charge in [-0.15, -0.1) is 13.2 Å². The first-order valence-corrected chi connectivity index (χ1v) is 5.55. The van der Waals surface area contributed by atoms with E-state index in [1.54, 1.807) is 25.2 Å². The Morgan fingerprint density at radius 1 is 1.21 bits per heavy atom. The molecule has 1 atom stereocenters. The molecule has 1 aromatic carbocycles. The molecule has 6 heteroatoms. The molecule has 0 aliphatic heterocycles. The second-order valence-corrected chi connectivity index (χ2v) is 3.86. The Bertz CT molecular complexity index is 523. The normalized spacial score (nSPS) is 13.3. The van der Waals surface area contributed by atoms with Crippen LogP contribution in [-0.4, -0.2) is 13.4 Å².